The number of halogens is 2. The number of amidine groups is 1. The second kappa shape index (κ2) is 9.78. The van der Waals surface area contributed by atoms with Crippen molar-refractivity contribution in [3.8, 4) is 0 Å². The minimum atomic E-state index is -2.50. The van der Waals surface area contributed by atoms with E-state index in [0.29, 0.717) is 24.0 Å². The van der Waals surface area contributed by atoms with Crippen LogP contribution in [0.25, 0.3) is 0 Å². The van der Waals surface area contributed by atoms with E-state index in [1.165, 1.54) is 31.2 Å². The van der Waals surface area contributed by atoms with Crippen LogP contribution in [0.3, 0.4) is 0 Å². The van der Waals surface area contributed by atoms with Crippen molar-refractivity contribution in [1.29, 1.82) is 5.41 Å². The summed E-state index contributed by atoms with van der Waals surface area (Å²) >= 11 is 0. The topological polar surface area (TPSA) is 63.5 Å². The van der Waals surface area contributed by atoms with E-state index < -0.39 is 6.43 Å². The second-order valence-electron chi connectivity index (χ2n) is 7.63. The summed E-state index contributed by atoms with van der Waals surface area (Å²) in [5.41, 5.74) is 1.19. The summed E-state index contributed by atoms with van der Waals surface area (Å²) in [5.74, 6) is 1.56. The van der Waals surface area contributed by atoms with Crippen LogP contribution in [0.4, 0.5) is 14.5 Å². The highest BCUT2D eigenvalue weighted by molar-refractivity contribution is 6.14. The van der Waals surface area contributed by atoms with Crippen LogP contribution in [0.15, 0.2) is 41.0 Å². The minimum absolute atomic E-state index is 0.0258. The number of alkyl halides is 2. The van der Waals surface area contributed by atoms with E-state index in [-0.39, 0.29) is 5.56 Å². The van der Waals surface area contributed by atoms with E-state index in [0.717, 1.165) is 37.7 Å². The molecule has 5 nitrogen and oxygen atoms in total. The molecule has 2 fully saturated rings. The van der Waals surface area contributed by atoms with Gasteiger partial charge in [-0.3, -0.25) is 10.3 Å². The highest BCUT2D eigenvalue weighted by Crippen LogP contribution is 2.26. The fourth-order valence-corrected chi connectivity index (χ4v) is 3.72. The Bertz CT molecular complexity index is 719. The predicted molar refractivity (Wildman–Crippen MR) is 110 cm³/mol. The smallest absolute Gasteiger partial charge is 0.263 e. The van der Waals surface area contributed by atoms with E-state index in [2.05, 4.69) is 22.5 Å². The molecule has 0 spiro atoms. The van der Waals surface area contributed by atoms with Crippen molar-refractivity contribution in [1.82, 2.24) is 10.2 Å². The molecule has 152 valence electrons. The van der Waals surface area contributed by atoms with Crippen LogP contribution in [0.5, 0.6) is 0 Å². The lowest BCUT2D eigenvalue weighted by molar-refractivity contribution is 0.151. The number of nitrogens with one attached hydrogen (secondary N) is 3. The number of aliphatic imine (C=N–C) groups is 1. The van der Waals surface area contributed by atoms with Crippen LogP contribution in [0.2, 0.25) is 0 Å². The summed E-state index contributed by atoms with van der Waals surface area (Å²) in [4.78, 5) is 6.93. The maximum Gasteiger partial charge on any atom is 0.263 e. The first-order chi connectivity index (χ1) is 13.6. The molecule has 1 aliphatic heterocycles. The van der Waals surface area contributed by atoms with E-state index in [9.17, 15) is 8.78 Å². The van der Waals surface area contributed by atoms with Crippen LogP contribution in [0, 0.1) is 11.3 Å². The van der Waals surface area contributed by atoms with Crippen LogP contribution in [-0.2, 0) is 0 Å². The summed E-state index contributed by atoms with van der Waals surface area (Å²) in [6.45, 7) is 4.62. The molecular formula is C21H29F2N5. The van der Waals surface area contributed by atoms with E-state index in [1.807, 2.05) is 0 Å². The SMILES string of the molecule is CC1CC(NC/N=C(\C(C=N)=C\Nc2cccc(C(F)F)c2)N2CCCC2)C1. The van der Waals surface area contributed by atoms with E-state index >= 15 is 0 Å². The fourth-order valence-electron chi connectivity index (χ4n) is 3.72. The van der Waals surface area contributed by atoms with Crippen molar-refractivity contribution in [3.05, 3.63) is 41.6 Å². The molecule has 1 aromatic carbocycles. The molecule has 1 aromatic rings. The van der Waals surface area contributed by atoms with Gasteiger partial charge in [0, 0.05) is 42.8 Å². The van der Waals surface area contributed by atoms with Crippen molar-refractivity contribution < 1.29 is 8.78 Å². The molecule has 0 aromatic heterocycles. The van der Waals surface area contributed by atoms with Gasteiger partial charge in [0.2, 0.25) is 0 Å². The number of likely N-dealkylation sites (tertiary alicyclic amines) is 1. The van der Waals surface area contributed by atoms with Crippen molar-refractivity contribution in [3.63, 3.8) is 0 Å². The predicted octanol–water partition coefficient (Wildman–Crippen LogP) is 4.41. The molecule has 1 saturated carbocycles. The minimum Gasteiger partial charge on any atom is -0.361 e. The lowest BCUT2D eigenvalue weighted by atomic mass is 9.82. The number of anilines is 1. The Morgan fingerprint density at radius 2 is 2.07 bits per heavy atom. The number of hydrogen-bond acceptors (Lipinski definition) is 4. The van der Waals surface area contributed by atoms with Gasteiger partial charge in [0.25, 0.3) is 6.43 Å². The van der Waals surface area contributed by atoms with Crippen LogP contribution >= 0.6 is 0 Å². The Balaban J connectivity index is 1.71. The monoisotopic (exact) mass is 389 g/mol. The van der Waals surface area contributed by atoms with Gasteiger partial charge in [-0.15, -0.1) is 0 Å². The fraction of sp³-hybridized carbons (Fsp3) is 0.524. The molecule has 2 aliphatic rings. The molecule has 0 atom stereocenters. The molecule has 0 amide bonds. The van der Waals surface area contributed by atoms with Gasteiger partial charge in [-0.25, -0.2) is 8.78 Å². The molecule has 3 N–H and O–H groups in total. The Labute approximate surface area is 165 Å². The zero-order valence-electron chi connectivity index (χ0n) is 16.3. The summed E-state index contributed by atoms with van der Waals surface area (Å²) < 4.78 is 25.8. The quantitative estimate of drug-likeness (QED) is 0.456. The third kappa shape index (κ3) is 5.38. The molecule has 3 rings (SSSR count). The molecule has 0 radical (unpaired) electrons. The lowest BCUT2D eigenvalue weighted by Crippen LogP contribution is -2.41. The summed E-state index contributed by atoms with van der Waals surface area (Å²) in [6.07, 6.45) is 5.04. The van der Waals surface area contributed by atoms with E-state index in [1.54, 1.807) is 18.3 Å². The van der Waals surface area contributed by atoms with Crippen molar-refractivity contribution >= 4 is 17.7 Å². The third-order valence-corrected chi connectivity index (χ3v) is 5.33. The molecular weight excluding hydrogens is 360 g/mol. The van der Waals surface area contributed by atoms with Crippen LogP contribution < -0.4 is 10.6 Å². The lowest BCUT2D eigenvalue weighted by Gasteiger charge is -2.33. The third-order valence-electron chi connectivity index (χ3n) is 5.33. The van der Waals surface area contributed by atoms with Gasteiger partial charge in [-0.05, 0) is 43.7 Å². The van der Waals surface area contributed by atoms with Gasteiger partial charge in [-0.1, -0.05) is 19.1 Å². The summed E-state index contributed by atoms with van der Waals surface area (Å²) in [6, 6.07) is 6.69. The Morgan fingerprint density at radius 3 is 2.71 bits per heavy atom. The number of hydrogen-bond donors (Lipinski definition) is 3. The highest BCUT2D eigenvalue weighted by Gasteiger charge is 2.24. The van der Waals surface area contributed by atoms with Crippen molar-refractivity contribution in [2.75, 3.05) is 25.1 Å². The molecule has 7 heteroatoms. The number of benzene rings is 1. The zero-order valence-corrected chi connectivity index (χ0v) is 16.3. The average molecular weight is 389 g/mol. The van der Waals surface area contributed by atoms with Gasteiger partial charge in [0.05, 0.1) is 12.2 Å². The Morgan fingerprint density at radius 1 is 1.32 bits per heavy atom. The molecule has 0 bridgehead atoms. The zero-order chi connectivity index (χ0) is 19.9. The van der Waals surface area contributed by atoms with Gasteiger partial charge in [0.1, 0.15) is 5.84 Å². The Hall–Kier alpha value is -2.28. The maximum atomic E-state index is 12.9. The maximum absolute atomic E-state index is 12.9. The first kappa shape index (κ1) is 20.5. The summed E-state index contributed by atoms with van der Waals surface area (Å²) in [7, 11) is 0. The number of rotatable bonds is 8. The molecule has 28 heavy (non-hydrogen) atoms. The molecule has 1 saturated heterocycles. The van der Waals surface area contributed by atoms with Crippen molar-refractivity contribution in [2.45, 2.75) is 45.1 Å². The number of nitrogens with zero attached hydrogens (tertiary/aromatic N) is 2. The standard InChI is InChI=1S/C21H29F2N5/c1-15-9-19(10-15)26-14-27-21(28-7-2-3-8-28)17(12-24)13-25-18-6-4-5-16(11-18)20(22)23/h4-6,11-13,15,19-20,24-26H,2-3,7-10,14H2,1H3/b17-13+,24-12?,27-21+. The highest BCUT2D eigenvalue weighted by atomic mass is 19.3. The molecule has 0 unspecified atom stereocenters. The first-order valence-corrected chi connectivity index (χ1v) is 9.95. The first-order valence-electron chi connectivity index (χ1n) is 9.95. The van der Waals surface area contributed by atoms with Gasteiger partial charge >= 0.3 is 0 Å². The van der Waals surface area contributed by atoms with Gasteiger partial charge < -0.3 is 15.6 Å². The van der Waals surface area contributed by atoms with Gasteiger partial charge in [0.15, 0.2) is 0 Å². The average Bonchev–Trinajstić information content (AvgIpc) is 3.20. The molecule has 1 aliphatic carbocycles. The Kier molecular flexibility index (Phi) is 7.14. The van der Waals surface area contributed by atoms with Crippen molar-refractivity contribution in [2.24, 2.45) is 10.9 Å². The van der Waals surface area contributed by atoms with E-state index in [4.69, 9.17) is 10.4 Å². The normalized spacial score (nSPS) is 23.1. The summed E-state index contributed by atoms with van der Waals surface area (Å²) in [5, 5.41) is 14.3. The molecule has 1 heterocycles. The van der Waals surface area contributed by atoms with Crippen LogP contribution in [0.1, 0.15) is 44.6 Å². The van der Waals surface area contributed by atoms with Gasteiger partial charge in [-0.2, -0.15) is 0 Å². The van der Waals surface area contributed by atoms with Crippen LogP contribution in [-0.4, -0.2) is 42.8 Å². The largest absolute Gasteiger partial charge is 0.361 e. The second-order valence-corrected chi connectivity index (χ2v) is 7.63.